The van der Waals surface area contributed by atoms with Crippen LogP contribution in [0, 0.1) is 0 Å². The Kier molecular flexibility index (Phi) is 8.50. The minimum absolute atomic E-state index is 0.198. The van der Waals surface area contributed by atoms with Gasteiger partial charge in [-0.1, -0.05) is 43.2 Å². The minimum Gasteiger partial charge on any atom is -0.441 e. The number of hydroxylamine groups is 1. The van der Waals surface area contributed by atoms with Gasteiger partial charge in [0.15, 0.2) is 6.10 Å². The van der Waals surface area contributed by atoms with Gasteiger partial charge in [-0.3, -0.25) is 4.84 Å². The van der Waals surface area contributed by atoms with Crippen molar-refractivity contribution in [1.82, 2.24) is 10.8 Å². The van der Waals surface area contributed by atoms with Gasteiger partial charge in [0.25, 0.3) is 0 Å². The maximum Gasteiger partial charge on any atom is 0.407 e. The highest BCUT2D eigenvalue weighted by atomic mass is 16.7. The molecular weight excluding hydrogens is 364 g/mol. The second-order valence-electron chi connectivity index (χ2n) is 7.27. The largest absolute Gasteiger partial charge is 0.441 e. The number of rotatable bonds is 9. The molecule has 8 heteroatoms. The van der Waals surface area contributed by atoms with E-state index in [1.807, 2.05) is 30.3 Å². The zero-order valence-corrected chi connectivity index (χ0v) is 16.0. The Morgan fingerprint density at radius 3 is 2.57 bits per heavy atom. The Morgan fingerprint density at radius 2 is 1.86 bits per heavy atom. The van der Waals surface area contributed by atoms with E-state index in [-0.39, 0.29) is 19.4 Å². The fourth-order valence-electron chi connectivity index (χ4n) is 3.42. The minimum atomic E-state index is -0.840. The number of ether oxygens (including phenoxy) is 3. The molecule has 156 valence electrons. The average Bonchev–Trinajstić information content (AvgIpc) is 3.22. The molecule has 0 aromatic heterocycles. The van der Waals surface area contributed by atoms with Crippen LogP contribution in [0.3, 0.4) is 0 Å². The molecule has 0 spiro atoms. The number of alkyl carbamates (subject to hydrolysis) is 1. The number of benzene rings is 1. The number of amides is 1. The van der Waals surface area contributed by atoms with Crippen LogP contribution in [-0.4, -0.2) is 62.1 Å². The highest BCUT2D eigenvalue weighted by Gasteiger charge is 2.26. The molecule has 3 N–H and O–H groups in total. The van der Waals surface area contributed by atoms with E-state index in [0.29, 0.717) is 19.6 Å². The van der Waals surface area contributed by atoms with Crippen LogP contribution >= 0.6 is 0 Å². The van der Waals surface area contributed by atoms with Crippen molar-refractivity contribution in [2.75, 3.05) is 26.6 Å². The molecule has 1 aliphatic carbocycles. The molecule has 0 bridgehead atoms. The van der Waals surface area contributed by atoms with Crippen molar-refractivity contribution in [3.8, 4) is 0 Å². The van der Waals surface area contributed by atoms with Crippen molar-refractivity contribution >= 4 is 6.09 Å². The van der Waals surface area contributed by atoms with Gasteiger partial charge in [-0.2, -0.15) is 5.48 Å². The van der Waals surface area contributed by atoms with E-state index >= 15 is 0 Å². The van der Waals surface area contributed by atoms with Crippen LogP contribution in [0.4, 0.5) is 4.79 Å². The highest BCUT2D eigenvalue weighted by Crippen LogP contribution is 2.19. The van der Waals surface area contributed by atoms with E-state index in [1.54, 1.807) is 0 Å². The lowest BCUT2D eigenvalue weighted by Crippen LogP contribution is -2.50. The second-order valence-corrected chi connectivity index (χ2v) is 7.27. The van der Waals surface area contributed by atoms with Gasteiger partial charge in [0.1, 0.15) is 6.79 Å². The van der Waals surface area contributed by atoms with Crippen LogP contribution in [0.2, 0.25) is 0 Å². The first-order chi connectivity index (χ1) is 13.7. The topological polar surface area (TPSA) is 98.3 Å². The van der Waals surface area contributed by atoms with Gasteiger partial charge in [-0.25, -0.2) is 4.79 Å². The molecular formula is C20H30N2O6. The molecule has 1 saturated carbocycles. The Labute approximate surface area is 165 Å². The molecule has 1 aromatic carbocycles. The van der Waals surface area contributed by atoms with Crippen LogP contribution in [-0.2, 0) is 25.5 Å². The maximum absolute atomic E-state index is 12.3. The quantitative estimate of drug-likeness (QED) is 0.546. The molecule has 8 nitrogen and oxygen atoms in total. The van der Waals surface area contributed by atoms with Crippen molar-refractivity contribution in [1.29, 1.82) is 0 Å². The van der Waals surface area contributed by atoms with Gasteiger partial charge >= 0.3 is 6.09 Å². The molecule has 0 radical (unpaired) electrons. The SMILES string of the molecule is O=C(NC(Cc1ccccc1)C(O)CNOC1CCCC1)OC1COCOC1. The normalized spacial score (nSPS) is 20.6. The summed E-state index contributed by atoms with van der Waals surface area (Å²) in [4.78, 5) is 17.9. The van der Waals surface area contributed by atoms with Gasteiger partial charge in [0, 0.05) is 6.54 Å². The summed E-state index contributed by atoms with van der Waals surface area (Å²) in [6.07, 6.45) is 3.19. The van der Waals surface area contributed by atoms with Crippen LogP contribution in [0.15, 0.2) is 30.3 Å². The molecule has 3 rings (SSSR count). The van der Waals surface area contributed by atoms with Crippen molar-refractivity contribution in [2.45, 2.75) is 56.5 Å². The molecule has 1 aliphatic heterocycles. The van der Waals surface area contributed by atoms with E-state index in [2.05, 4.69) is 10.8 Å². The van der Waals surface area contributed by atoms with Gasteiger partial charge in [-0.05, 0) is 24.8 Å². The Bertz CT molecular complexity index is 575. The van der Waals surface area contributed by atoms with Gasteiger partial charge in [0.05, 0.1) is 31.5 Å². The van der Waals surface area contributed by atoms with E-state index in [9.17, 15) is 9.90 Å². The van der Waals surface area contributed by atoms with Crippen LogP contribution in [0.5, 0.6) is 0 Å². The number of nitrogens with one attached hydrogen (secondary N) is 2. The van der Waals surface area contributed by atoms with E-state index in [0.717, 1.165) is 18.4 Å². The van der Waals surface area contributed by atoms with Crippen LogP contribution in [0.1, 0.15) is 31.2 Å². The Balaban J connectivity index is 1.51. The summed E-state index contributed by atoms with van der Waals surface area (Å²) >= 11 is 0. The van der Waals surface area contributed by atoms with Crippen LogP contribution in [0.25, 0.3) is 0 Å². The first-order valence-electron chi connectivity index (χ1n) is 9.94. The number of carbonyl (C=O) groups is 1. The Hall–Kier alpha value is -1.71. The Morgan fingerprint density at radius 1 is 1.14 bits per heavy atom. The zero-order chi connectivity index (χ0) is 19.6. The zero-order valence-electron chi connectivity index (χ0n) is 16.0. The third-order valence-electron chi connectivity index (χ3n) is 4.96. The summed E-state index contributed by atoms with van der Waals surface area (Å²) in [5.74, 6) is 0. The van der Waals surface area contributed by atoms with E-state index in [4.69, 9.17) is 19.0 Å². The summed E-state index contributed by atoms with van der Waals surface area (Å²) in [5.41, 5.74) is 3.87. The monoisotopic (exact) mass is 394 g/mol. The molecule has 1 aromatic rings. The lowest BCUT2D eigenvalue weighted by atomic mass is 10.0. The summed E-state index contributed by atoms with van der Waals surface area (Å²) in [6.45, 7) is 1.03. The number of hydrogen-bond acceptors (Lipinski definition) is 7. The van der Waals surface area contributed by atoms with E-state index in [1.165, 1.54) is 12.8 Å². The third-order valence-corrected chi connectivity index (χ3v) is 4.96. The van der Waals surface area contributed by atoms with Crippen LogP contribution < -0.4 is 10.8 Å². The number of aliphatic hydroxyl groups is 1. The van der Waals surface area contributed by atoms with Crippen molar-refractivity contribution < 1.29 is 28.9 Å². The molecule has 2 aliphatic rings. The van der Waals surface area contributed by atoms with Crippen molar-refractivity contribution in [3.63, 3.8) is 0 Å². The van der Waals surface area contributed by atoms with Crippen molar-refractivity contribution in [3.05, 3.63) is 35.9 Å². The average molecular weight is 394 g/mol. The molecule has 28 heavy (non-hydrogen) atoms. The van der Waals surface area contributed by atoms with Gasteiger partial charge < -0.3 is 24.6 Å². The summed E-state index contributed by atoms with van der Waals surface area (Å²) in [5, 5.41) is 13.4. The number of carbonyl (C=O) groups excluding carboxylic acids is 1. The molecule has 2 atom stereocenters. The van der Waals surface area contributed by atoms with Crippen molar-refractivity contribution in [2.24, 2.45) is 0 Å². The van der Waals surface area contributed by atoms with E-state index < -0.39 is 24.3 Å². The first kappa shape index (κ1) is 21.0. The highest BCUT2D eigenvalue weighted by molar-refractivity contribution is 5.68. The molecule has 1 saturated heterocycles. The predicted molar refractivity (Wildman–Crippen MR) is 101 cm³/mol. The lowest BCUT2D eigenvalue weighted by Gasteiger charge is -2.27. The molecule has 2 fully saturated rings. The molecule has 1 heterocycles. The fraction of sp³-hybridized carbons (Fsp3) is 0.650. The number of aliphatic hydroxyl groups excluding tert-OH is 1. The molecule has 2 unspecified atom stereocenters. The summed E-state index contributed by atoms with van der Waals surface area (Å²) < 4.78 is 15.6. The lowest BCUT2D eigenvalue weighted by molar-refractivity contribution is -0.151. The van der Waals surface area contributed by atoms with Gasteiger partial charge in [0.2, 0.25) is 0 Å². The fourth-order valence-corrected chi connectivity index (χ4v) is 3.42. The smallest absolute Gasteiger partial charge is 0.407 e. The first-order valence-corrected chi connectivity index (χ1v) is 9.94. The number of hydrogen-bond donors (Lipinski definition) is 3. The van der Waals surface area contributed by atoms with Gasteiger partial charge in [-0.15, -0.1) is 0 Å². The third kappa shape index (κ3) is 7.03. The summed E-state index contributed by atoms with van der Waals surface area (Å²) in [7, 11) is 0. The standard InChI is InChI=1S/C20H30N2O6/c23-19(11-21-28-16-8-4-5-9-16)18(10-15-6-2-1-3-7-15)22-20(24)27-17-12-25-14-26-13-17/h1-3,6-7,16-19,21,23H,4-5,8-14H2,(H,22,24). The molecule has 1 amide bonds. The summed E-state index contributed by atoms with van der Waals surface area (Å²) in [6, 6.07) is 9.16. The second kappa shape index (κ2) is 11.3. The predicted octanol–water partition coefficient (Wildman–Crippen LogP) is 1.52. The maximum atomic E-state index is 12.3.